The lowest BCUT2D eigenvalue weighted by Crippen LogP contribution is -2.55. The van der Waals surface area contributed by atoms with Crippen LogP contribution in [-0.4, -0.2) is 48.3 Å². The summed E-state index contributed by atoms with van der Waals surface area (Å²) in [6.45, 7) is 0.876. The minimum atomic E-state index is -0.680. The zero-order chi connectivity index (χ0) is 27.9. The number of nitrogens with one attached hydrogen (secondary N) is 2. The van der Waals surface area contributed by atoms with Gasteiger partial charge in [0.25, 0.3) is 5.91 Å². The number of piperazine rings is 1. The van der Waals surface area contributed by atoms with Crippen LogP contribution in [0.2, 0.25) is 0 Å². The summed E-state index contributed by atoms with van der Waals surface area (Å²) in [4.78, 5) is 39.9. The van der Waals surface area contributed by atoms with Crippen LogP contribution in [0.4, 0.5) is 4.39 Å². The molecule has 40 heavy (non-hydrogen) atoms. The highest BCUT2D eigenvalue weighted by Gasteiger charge is 2.37. The Kier molecular flexibility index (Phi) is 8.89. The normalized spacial score (nSPS) is 19.0. The zero-order valence-electron chi connectivity index (χ0n) is 22.7. The van der Waals surface area contributed by atoms with E-state index in [0.29, 0.717) is 36.9 Å². The van der Waals surface area contributed by atoms with E-state index < -0.39 is 6.04 Å². The average Bonchev–Trinajstić information content (AvgIpc) is 3.76. The maximum Gasteiger partial charge on any atom is 0.251 e. The summed E-state index contributed by atoms with van der Waals surface area (Å²) in [6, 6.07) is 23.5. The van der Waals surface area contributed by atoms with Crippen LogP contribution in [-0.2, 0) is 9.59 Å². The van der Waals surface area contributed by atoms with E-state index in [9.17, 15) is 18.8 Å². The van der Waals surface area contributed by atoms with Crippen molar-refractivity contribution < 1.29 is 18.8 Å². The van der Waals surface area contributed by atoms with Gasteiger partial charge >= 0.3 is 0 Å². The number of hydrogen-bond donors (Lipinski definition) is 2. The molecule has 5 rings (SSSR count). The van der Waals surface area contributed by atoms with Crippen LogP contribution in [0, 0.1) is 11.7 Å². The number of carbonyl (C=O) groups excluding carboxylic acids is 3. The van der Waals surface area contributed by atoms with Gasteiger partial charge in [0.05, 0.1) is 6.54 Å². The topological polar surface area (TPSA) is 78.5 Å². The summed E-state index contributed by atoms with van der Waals surface area (Å²) < 4.78 is 13.2. The van der Waals surface area contributed by atoms with Crippen LogP contribution in [0.5, 0.6) is 0 Å². The molecule has 2 fully saturated rings. The average molecular weight is 542 g/mol. The van der Waals surface area contributed by atoms with Gasteiger partial charge in [-0.2, -0.15) is 0 Å². The van der Waals surface area contributed by atoms with Crippen molar-refractivity contribution in [3.05, 3.63) is 95.8 Å². The van der Waals surface area contributed by atoms with Crippen molar-refractivity contribution in [3.63, 3.8) is 0 Å². The zero-order valence-corrected chi connectivity index (χ0v) is 22.7. The van der Waals surface area contributed by atoms with E-state index in [1.807, 2.05) is 54.6 Å². The summed E-state index contributed by atoms with van der Waals surface area (Å²) in [5.74, 6) is 0.274. The van der Waals surface area contributed by atoms with Gasteiger partial charge in [-0.05, 0) is 72.1 Å². The van der Waals surface area contributed by atoms with E-state index in [1.54, 1.807) is 17.0 Å². The molecular formula is C33H36FN3O3. The Balaban J connectivity index is 1.15. The number of unbranched alkanes of at least 4 members (excludes halogenated alkanes) is 2. The molecule has 0 aromatic heterocycles. The number of carbonyl (C=O) groups is 3. The van der Waals surface area contributed by atoms with Crippen molar-refractivity contribution in [2.45, 2.75) is 50.5 Å². The van der Waals surface area contributed by atoms with Gasteiger partial charge in [0.2, 0.25) is 11.8 Å². The summed E-state index contributed by atoms with van der Waals surface area (Å²) in [7, 11) is 0. The van der Waals surface area contributed by atoms with Crippen LogP contribution in [0.15, 0.2) is 78.9 Å². The number of nitrogens with zero attached hydrogens (tertiary/aromatic N) is 1. The molecule has 1 aliphatic heterocycles. The van der Waals surface area contributed by atoms with Crippen molar-refractivity contribution in [3.8, 4) is 11.1 Å². The SMILES string of the molecule is O=C1CN(C(=O)[C@H](CCCCC[C@@H]2C[C@H]2c2ccc(F)cc2)NC(=O)c2ccc(-c3ccccc3)cc2)CCN1. The van der Waals surface area contributed by atoms with E-state index in [0.717, 1.165) is 43.2 Å². The van der Waals surface area contributed by atoms with Crippen LogP contribution in [0.3, 0.4) is 0 Å². The number of halogens is 1. The molecule has 0 radical (unpaired) electrons. The van der Waals surface area contributed by atoms with Gasteiger partial charge in [0.15, 0.2) is 0 Å². The molecule has 2 N–H and O–H groups in total. The summed E-state index contributed by atoms with van der Waals surface area (Å²) in [5, 5.41) is 5.70. The van der Waals surface area contributed by atoms with E-state index in [4.69, 9.17) is 0 Å². The standard InChI is InChI=1S/C33H36FN3O3/c34-28-17-15-25(16-18-28)29-21-27(29)9-5-2-6-10-30(33(40)37-20-19-35-31(38)22-37)36-32(39)26-13-11-24(12-14-26)23-7-3-1-4-8-23/h1,3-4,7-8,11-18,27,29-30H,2,5-6,9-10,19-22H2,(H,35,38)(H,36,39)/t27-,29+,30+/m1/s1. The molecule has 1 saturated heterocycles. The first-order valence-corrected chi connectivity index (χ1v) is 14.3. The molecule has 1 saturated carbocycles. The lowest BCUT2D eigenvalue weighted by molar-refractivity contribution is -0.139. The van der Waals surface area contributed by atoms with Gasteiger partial charge in [-0.1, -0.05) is 73.9 Å². The third-order valence-electron chi connectivity index (χ3n) is 8.00. The summed E-state index contributed by atoms with van der Waals surface area (Å²) in [5.41, 5.74) is 3.79. The Morgan fingerprint density at radius 2 is 1.65 bits per heavy atom. The Labute approximate surface area is 235 Å². The Bertz CT molecular complexity index is 1310. The Morgan fingerprint density at radius 1 is 0.925 bits per heavy atom. The molecule has 3 amide bonds. The highest BCUT2D eigenvalue weighted by atomic mass is 19.1. The predicted molar refractivity (Wildman–Crippen MR) is 153 cm³/mol. The smallest absolute Gasteiger partial charge is 0.251 e. The van der Waals surface area contributed by atoms with E-state index in [2.05, 4.69) is 10.6 Å². The number of benzene rings is 3. The van der Waals surface area contributed by atoms with Gasteiger partial charge in [-0.3, -0.25) is 14.4 Å². The first-order chi connectivity index (χ1) is 19.5. The van der Waals surface area contributed by atoms with Crippen LogP contribution >= 0.6 is 0 Å². The van der Waals surface area contributed by atoms with Gasteiger partial charge in [-0.15, -0.1) is 0 Å². The van der Waals surface area contributed by atoms with E-state index in [-0.39, 0.29) is 30.1 Å². The third-order valence-corrected chi connectivity index (χ3v) is 8.00. The quantitative estimate of drug-likeness (QED) is 0.323. The largest absolute Gasteiger partial charge is 0.353 e. The summed E-state index contributed by atoms with van der Waals surface area (Å²) >= 11 is 0. The monoisotopic (exact) mass is 541 g/mol. The molecule has 6 nitrogen and oxygen atoms in total. The second-order valence-corrected chi connectivity index (χ2v) is 10.9. The molecule has 3 aromatic rings. The molecule has 3 atom stereocenters. The maximum atomic E-state index is 13.4. The highest BCUT2D eigenvalue weighted by Crippen LogP contribution is 2.50. The molecular weight excluding hydrogens is 505 g/mol. The van der Waals surface area contributed by atoms with Crippen LogP contribution < -0.4 is 10.6 Å². The minimum absolute atomic E-state index is 0.0173. The van der Waals surface area contributed by atoms with Crippen molar-refractivity contribution in [1.29, 1.82) is 0 Å². The molecule has 0 spiro atoms. The minimum Gasteiger partial charge on any atom is -0.353 e. The van der Waals surface area contributed by atoms with Gasteiger partial charge in [0, 0.05) is 18.7 Å². The van der Waals surface area contributed by atoms with E-state index in [1.165, 1.54) is 17.7 Å². The van der Waals surface area contributed by atoms with Crippen LogP contribution in [0.1, 0.15) is 60.4 Å². The van der Waals surface area contributed by atoms with Crippen molar-refractivity contribution >= 4 is 17.7 Å². The number of hydrogen-bond acceptors (Lipinski definition) is 3. The molecule has 208 valence electrons. The lowest BCUT2D eigenvalue weighted by Gasteiger charge is -2.30. The first-order valence-electron chi connectivity index (χ1n) is 14.3. The number of rotatable bonds is 11. The second kappa shape index (κ2) is 12.9. The molecule has 3 aromatic carbocycles. The van der Waals surface area contributed by atoms with Gasteiger partial charge < -0.3 is 15.5 Å². The van der Waals surface area contributed by atoms with Crippen LogP contribution in [0.25, 0.3) is 11.1 Å². The van der Waals surface area contributed by atoms with Gasteiger partial charge in [-0.25, -0.2) is 4.39 Å². The fourth-order valence-electron chi connectivity index (χ4n) is 5.61. The molecule has 1 heterocycles. The molecule has 1 aliphatic carbocycles. The molecule has 0 unspecified atom stereocenters. The Hall–Kier alpha value is -4.00. The molecule has 2 aliphatic rings. The summed E-state index contributed by atoms with van der Waals surface area (Å²) in [6.07, 6.45) is 5.58. The fraction of sp³-hybridized carbons (Fsp3) is 0.364. The second-order valence-electron chi connectivity index (χ2n) is 10.9. The first kappa shape index (κ1) is 27.6. The van der Waals surface area contributed by atoms with Crippen molar-refractivity contribution in [2.24, 2.45) is 5.92 Å². The third kappa shape index (κ3) is 7.14. The number of amides is 3. The lowest BCUT2D eigenvalue weighted by atomic mass is 10.0. The van der Waals surface area contributed by atoms with Gasteiger partial charge in [0.1, 0.15) is 11.9 Å². The van der Waals surface area contributed by atoms with Crippen molar-refractivity contribution in [2.75, 3.05) is 19.6 Å². The molecule has 0 bridgehead atoms. The fourth-order valence-corrected chi connectivity index (χ4v) is 5.61. The van der Waals surface area contributed by atoms with E-state index >= 15 is 0 Å². The van der Waals surface area contributed by atoms with Crippen molar-refractivity contribution in [1.82, 2.24) is 15.5 Å². The highest BCUT2D eigenvalue weighted by molar-refractivity contribution is 5.98. The maximum absolute atomic E-state index is 13.4. The Morgan fingerprint density at radius 3 is 2.38 bits per heavy atom. The molecule has 7 heteroatoms. The predicted octanol–water partition coefficient (Wildman–Crippen LogP) is 5.30.